The third-order valence-electron chi connectivity index (χ3n) is 5.73. The van der Waals surface area contributed by atoms with Gasteiger partial charge in [0.05, 0.1) is 18.5 Å². The molecule has 1 heterocycles. The highest BCUT2D eigenvalue weighted by molar-refractivity contribution is 7.87. The fourth-order valence-electron chi connectivity index (χ4n) is 3.66. The summed E-state index contributed by atoms with van der Waals surface area (Å²) < 4.78 is 35.7. The maximum atomic E-state index is 12.5. The Hall–Kier alpha value is -1.07. The highest BCUT2D eigenvalue weighted by Crippen LogP contribution is 2.36. The molecule has 0 aromatic heterocycles. The highest BCUT2D eigenvalue weighted by atomic mass is 32.2. The first-order valence-electron chi connectivity index (χ1n) is 9.10. The molecule has 0 radical (unpaired) electrons. The molecule has 1 saturated carbocycles. The standard InChI is InChI=1S/C19H28O4S/c1-3-14(2)15-4-8-18(9-5-15)23-24(20,21)19-10-6-16(7-11-19)17-12-22-13-17/h4-5,8-9,14,16-17,19H,3,6-7,10-13H2,1-2H3. The van der Waals surface area contributed by atoms with E-state index >= 15 is 0 Å². The van der Waals surface area contributed by atoms with Gasteiger partial charge in [0.25, 0.3) is 0 Å². The average molecular weight is 352 g/mol. The van der Waals surface area contributed by atoms with E-state index in [1.807, 2.05) is 12.1 Å². The van der Waals surface area contributed by atoms with Gasteiger partial charge in [-0.25, -0.2) is 0 Å². The fraction of sp³-hybridized carbons (Fsp3) is 0.684. The molecule has 1 unspecified atom stereocenters. The van der Waals surface area contributed by atoms with Crippen molar-refractivity contribution in [3.05, 3.63) is 29.8 Å². The van der Waals surface area contributed by atoms with Crippen molar-refractivity contribution in [3.8, 4) is 5.75 Å². The molecule has 1 saturated heterocycles. The van der Waals surface area contributed by atoms with E-state index in [9.17, 15) is 8.42 Å². The second-order valence-corrected chi connectivity index (χ2v) is 9.11. The zero-order chi connectivity index (χ0) is 17.2. The van der Waals surface area contributed by atoms with Crippen molar-refractivity contribution in [2.45, 2.75) is 57.1 Å². The second-order valence-electron chi connectivity index (χ2n) is 7.29. The number of ether oxygens (including phenoxy) is 1. The Morgan fingerprint density at radius 3 is 2.21 bits per heavy atom. The lowest BCUT2D eigenvalue weighted by Crippen LogP contribution is -2.39. The number of benzene rings is 1. The predicted octanol–water partition coefficient (Wildman–Crippen LogP) is 4.11. The largest absolute Gasteiger partial charge is 0.382 e. The average Bonchev–Trinajstić information content (AvgIpc) is 2.53. The Kier molecular flexibility index (Phi) is 5.50. The van der Waals surface area contributed by atoms with Crippen molar-refractivity contribution < 1.29 is 17.3 Å². The molecule has 24 heavy (non-hydrogen) atoms. The van der Waals surface area contributed by atoms with Crippen LogP contribution in [0.5, 0.6) is 5.75 Å². The van der Waals surface area contributed by atoms with Crippen LogP contribution in [-0.4, -0.2) is 26.9 Å². The third-order valence-corrected chi connectivity index (χ3v) is 7.44. The SMILES string of the molecule is CCC(C)c1ccc(OS(=O)(=O)C2CCC(C3COC3)CC2)cc1. The zero-order valence-corrected chi connectivity index (χ0v) is 15.4. The molecule has 134 valence electrons. The van der Waals surface area contributed by atoms with Gasteiger partial charge in [-0.2, -0.15) is 8.42 Å². The molecule has 0 bridgehead atoms. The lowest BCUT2D eigenvalue weighted by molar-refractivity contribution is -0.0673. The summed E-state index contributed by atoms with van der Waals surface area (Å²) in [4.78, 5) is 0. The Morgan fingerprint density at radius 1 is 1.08 bits per heavy atom. The van der Waals surface area contributed by atoms with Crippen LogP contribution in [0.2, 0.25) is 0 Å². The minimum Gasteiger partial charge on any atom is -0.382 e. The van der Waals surface area contributed by atoms with Crippen LogP contribution in [0.4, 0.5) is 0 Å². The van der Waals surface area contributed by atoms with E-state index in [4.69, 9.17) is 8.92 Å². The molecular weight excluding hydrogens is 324 g/mol. The Bertz CT molecular complexity index is 626. The van der Waals surface area contributed by atoms with Crippen LogP contribution in [0.1, 0.15) is 57.4 Å². The monoisotopic (exact) mass is 352 g/mol. The van der Waals surface area contributed by atoms with Gasteiger partial charge in [-0.15, -0.1) is 0 Å². The van der Waals surface area contributed by atoms with E-state index < -0.39 is 10.1 Å². The number of hydrogen-bond donors (Lipinski definition) is 0. The third kappa shape index (κ3) is 3.94. The van der Waals surface area contributed by atoms with E-state index in [-0.39, 0.29) is 5.25 Å². The van der Waals surface area contributed by atoms with Crippen LogP contribution in [0.25, 0.3) is 0 Å². The van der Waals surface area contributed by atoms with Crippen LogP contribution < -0.4 is 4.18 Å². The number of rotatable bonds is 6. The molecule has 0 amide bonds. The summed E-state index contributed by atoms with van der Waals surface area (Å²) in [5, 5.41) is -0.371. The van der Waals surface area contributed by atoms with E-state index in [2.05, 4.69) is 13.8 Å². The fourth-order valence-corrected chi connectivity index (χ4v) is 5.03. The van der Waals surface area contributed by atoms with Crippen molar-refractivity contribution in [3.63, 3.8) is 0 Å². The van der Waals surface area contributed by atoms with Gasteiger partial charge in [-0.1, -0.05) is 26.0 Å². The summed E-state index contributed by atoms with van der Waals surface area (Å²) in [6.07, 6.45) is 4.40. The molecule has 0 spiro atoms. The van der Waals surface area contributed by atoms with Gasteiger partial charge >= 0.3 is 10.1 Å². The lowest BCUT2D eigenvalue weighted by atomic mass is 9.79. The second kappa shape index (κ2) is 7.44. The molecule has 3 rings (SSSR count). The minimum absolute atomic E-state index is 0.371. The molecule has 2 aliphatic rings. The van der Waals surface area contributed by atoms with Crippen molar-refractivity contribution in [2.75, 3.05) is 13.2 Å². The molecule has 1 aliphatic carbocycles. The van der Waals surface area contributed by atoms with Gasteiger partial charge in [0.2, 0.25) is 0 Å². The summed E-state index contributed by atoms with van der Waals surface area (Å²) >= 11 is 0. The quantitative estimate of drug-likeness (QED) is 0.723. The topological polar surface area (TPSA) is 52.6 Å². The summed E-state index contributed by atoms with van der Waals surface area (Å²) in [6.45, 7) is 6.01. The molecule has 1 atom stereocenters. The molecule has 4 nitrogen and oxygen atoms in total. The van der Waals surface area contributed by atoms with E-state index in [0.717, 1.165) is 32.5 Å². The molecule has 1 aliphatic heterocycles. The maximum Gasteiger partial charge on any atom is 0.312 e. The molecule has 0 N–H and O–H groups in total. The first-order chi connectivity index (χ1) is 11.5. The summed E-state index contributed by atoms with van der Waals surface area (Å²) in [5.74, 6) is 2.17. The lowest BCUT2D eigenvalue weighted by Gasteiger charge is -2.37. The van der Waals surface area contributed by atoms with Crippen molar-refractivity contribution in [1.82, 2.24) is 0 Å². The van der Waals surface area contributed by atoms with Gasteiger partial charge in [0.1, 0.15) is 5.75 Å². The van der Waals surface area contributed by atoms with Gasteiger partial charge in [0, 0.05) is 5.92 Å². The van der Waals surface area contributed by atoms with E-state index in [0.29, 0.717) is 36.3 Å². The smallest absolute Gasteiger partial charge is 0.312 e. The van der Waals surface area contributed by atoms with E-state index in [1.54, 1.807) is 12.1 Å². The summed E-state index contributed by atoms with van der Waals surface area (Å²) in [7, 11) is -3.54. The van der Waals surface area contributed by atoms with Crippen LogP contribution in [0, 0.1) is 11.8 Å². The van der Waals surface area contributed by atoms with Crippen LogP contribution in [0.15, 0.2) is 24.3 Å². The predicted molar refractivity (Wildman–Crippen MR) is 94.8 cm³/mol. The molecule has 2 fully saturated rings. The van der Waals surface area contributed by atoms with Crippen LogP contribution in [0.3, 0.4) is 0 Å². The van der Waals surface area contributed by atoms with Crippen LogP contribution in [-0.2, 0) is 14.9 Å². The minimum atomic E-state index is -3.54. The van der Waals surface area contributed by atoms with Crippen molar-refractivity contribution >= 4 is 10.1 Å². The first kappa shape index (κ1) is 17.7. The summed E-state index contributed by atoms with van der Waals surface area (Å²) in [6, 6.07) is 7.48. The Balaban J connectivity index is 1.57. The van der Waals surface area contributed by atoms with Gasteiger partial charge in [0.15, 0.2) is 0 Å². The van der Waals surface area contributed by atoms with Crippen molar-refractivity contribution in [1.29, 1.82) is 0 Å². The Labute approximate surface area is 145 Å². The Morgan fingerprint density at radius 2 is 1.71 bits per heavy atom. The van der Waals surface area contributed by atoms with E-state index in [1.165, 1.54) is 5.56 Å². The molecule has 5 heteroatoms. The zero-order valence-electron chi connectivity index (χ0n) is 14.6. The first-order valence-corrected chi connectivity index (χ1v) is 10.6. The van der Waals surface area contributed by atoms with Crippen LogP contribution >= 0.6 is 0 Å². The number of hydrogen-bond acceptors (Lipinski definition) is 4. The summed E-state index contributed by atoms with van der Waals surface area (Å²) in [5.41, 5.74) is 1.21. The maximum absolute atomic E-state index is 12.5. The highest BCUT2D eigenvalue weighted by Gasteiger charge is 2.37. The molecular formula is C19H28O4S. The van der Waals surface area contributed by atoms with Crippen molar-refractivity contribution in [2.24, 2.45) is 11.8 Å². The van der Waals surface area contributed by atoms with Gasteiger partial charge in [-0.3, -0.25) is 0 Å². The molecule has 1 aromatic rings. The van der Waals surface area contributed by atoms with Gasteiger partial charge in [-0.05, 0) is 61.6 Å². The molecule has 1 aromatic carbocycles. The normalized spacial score (nSPS) is 26.6. The van der Waals surface area contributed by atoms with Gasteiger partial charge < -0.3 is 8.92 Å².